The predicted octanol–water partition coefficient (Wildman–Crippen LogP) is 3.05. The summed E-state index contributed by atoms with van der Waals surface area (Å²) in [5, 5.41) is 0. The monoisotopic (exact) mass is 287 g/mol. The Morgan fingerprint density at radius 3 is 2.76 bits per heavy atom. The first-order valence-electron chi connectivity index (χ1n) is 8.03. The molecule has 0 N–H and O–H groups in total. The van der Waals surface area contributed by atoms with Gasteiger partial charge in [-0.15, -0.1) is 0 Å². The lowest BCUT2D eigenvalue weighted by molar-refractivity contribution is -0.0522. The number of Topliss-reactive ketones (excluding diaryl/α,β-unsaturated/α-hetero) is 1. The summed E-state index contributed by atoms with van der Waals surface area (Å²) in [5.74, 6) is 0.253. The third-order valence-corrected chi connectivity index (χ3v) is 5.08. The summed E-state index contributed by atoms with van der Waals surface area (Å²) in [5.41, 5.74) is 4.44. The van der Waals surface area contributed by atoms with Gasteiger partial charge in [-0.05, 0) is 62.8 Å². The van der Waals surface area contributed by atoms with Gasteiger partial charge in [-0.2, -0.15) is 0 Å². The van der Waals surface area contributed by atoms with Gasteiger partial charge >= 0.3 is 0 Å². The van der Waals surface area contributed by atoms with Crippen molar-refractivity contribution in [1.29, 1.82) is 0 Å². The fourth-order valence-corrected chi connectivity index (χ4v) is 3.73. The lowest BCUT2D eigenvalue weighted by Crippen LogP contribution is -2.50. The first-order chi connectivity index (χ1) is 10.1. The van der Waals surface area contributed by atoms with E-state index < -0.39 is 0 Å². The molecule has 1 saturated heterocycles. The summed E-state index contributed by atoms with van der Waals surface area (Å²) in [6, 6.07) is 4.63. The van der Waals surface area contributed by atoms with E-state index in [-0.39, 0.29) is 5.78 Å². The summed E-state index contributed by atoms with van der Waals surface area (Å²) in [7, 11) is 0. The summed E-state index contributed by atoms with van der Waals surface area (Å²) < 4.78 is 5.82. The maximum atomic E-state index is 12.7. The number of fused-ring (bicyclic) bond motifs is 1. The molecule has 1 aromatic carbocycles. The molecule has 2 aliphatic rings. The number of aryl methyl sites for hydroxylation is 3. The molecule has 2 atom stereocenters. The zero-order valence-electron chi connectivity index (χ0n) is 13.3. The third kappa shape index (κ3) is 2.90. The molecule has 3 heteroatoms. The molecule has 0 amide bonds. The SMILES string of the molecule is Cc1cc(C)c(C(=O)CN2CCOC3CCCC32)cc1C. The molecular formula is C18H25NO2. The normalized spacial score (nSPS) is 25.9. The van der Waals surface area contributed by atoms with E-state index >= 15 is 0 Å². The van der Waals surface area contributed by atoms with Crippen molar-refractivity contribution in [3.63, 3.8) is 0 Å². The molecule has 21 heavy (non-hydrogen) atoms. The largest absolute Gasteiger partial charge is 0.375 e. The van der Waals surface area contributed by atoms with E-state index in [1.54, 1.807) is 0 Å². The number of hydrogen-bond acceptors (Lipinski definition) is 3. The Bertz CT molecular complexity index is 552. The average molecular weight is 287 g/mol. The molecule has 0 aromatic heterocycles. The fraction of sp³-hybridized carbons (Fsp3) is 0.611. The minimum atomic E-state index is 0.253. The highest BCUT2D eigenvalue weighted by atomic mass is 16.5. The van der Waals surface area contributed by atoms with Crippen LogP contribution in [0.1, 0.15) is 46.3 Å². The van der Waals surface area contributed by atoms with E-state index in [1.807, 2.05) is 6.92 Å². The van der Waals surface area contributed by atoms with Crippen LogP contribution in [0.2, 0.25) is 0 Å². The number of rotatable bonds is 3. The van der Waals surface area contributed by atoms with Crippen LogP contribution in [-0.2, 0) is 4.74 Å². The van der Waals surface area contributed by atoms with E-state index in [1.165, 1.54) is 24.0 Å². The van der Waals surface area contributed by atoms with E-state index in [9.17, 15) is 4.79 Å². The van der Waals surface area contributed by atoms with Gasteiger partial charge in [0.2, 0.25) is 0 Å². The van der Waals surface area contributed by atoms with Crippen molar-refractivity contribution in [2.24, 2.45) is 0 Å². The molecular weight excluding hydrogens is 262 g/mol. The molecule has 1 saturated carbocycles. The molecule has 114 valence electrons. The van der Waals surface area contributed by atoms with Crippen LogP contribution in [0, 0.1) is 20.8 Å². The molecule has 3 rings (SSSR count). The van der Waals surface area contributed by atoms with Crippen molar-refractivity contribution in [3.8, 4) is 0 Å². The number of ether oxygens (including phenoxy) is 1. The Morgan fingerprint density at radius 2 is 1.95 bits per heavy atom. The first kappa shape index (κ1) is 14.7. The van der Waals surface area contributed by atoms with E-state index in [0.717, 1.165) is 30.7 Å². The summed E-state index contributed by atoms with van der Waals surface area (Å²) in [6.45, 7) is 8.40. The number of benzene rings is 1. The van der Waals surface area contributed by atoms with Crippen LogP contribution < -0.4 is 0 Å². The van der Waals surface area contributed by atoms with Crippen LogP contribution in [0.3, 0.4) is 0 Å². The molecule has 0 radical (unpaired) electrons. The maximum absolute atomic E-state index is 12.7. The number of hydrogen-bond donors (Lipinski definition) is 0. The molecule has 1 aliphatic carbocycles. The van der Waals surface area contributed by atoms with Crippen molar-refractivity contribution in [2.75, 3.05) is 19.7 Å². The molecule has 0 spiro atoms. The molecule has 3 nitrogen and oxygen atoms in total. The van der Waals surface area contributed by atoms with E-state index in [0.29, 0.717) is 18.7 Å². The van der Waals surface area contributed by atoms with Gasteiger partial charge in [-0.3, -0.25) is 9.69 Å². The van der Waals surface area contributed by atoms with Gasteiger partial charge in [-0.1, -0.05) is 6.07 Å². The minimum Gasteiger partial charge on any atom is -0.375 e. The highest BCUT2D eigenvalue weighted by Gasteiger charge is 2.36. The van der Waals surface area contributed by atoms with Gasteiger partial charge in [0.05, 0.1) is 19.3 Å². The van der Waals surface area contributed by atoms with Crippen molar-refractivity contribution < 1.29 is 9.53 Å². The highest BCUT2D eigenvalue weighted by Crippen LogP contribution is 2.29. The van der Waals surface area contributed by atoms with Gasteiger partial charge in [0.1, 0.15) is 0 Å². The van der Waals surface area contributed by atoms with E-state index in [4.69, 9.17) is 4.74 Å². The van der Waals surface area contributed by atoms with Crippen LogP contribution in [-0.4, -0.2) is 42.5 Å². The molecule has 2 unspecified atom stereocenters. The highest BCUT2D eigenvalue weighted by molar-refractivity contribution is 5.99. The van der Waals surface area contributed by atoms with Gasteiger partial charge < -0.3 is 4.74 Å². The Balaban J connectivity index is 1.75. The molecule has 2 fully saturated rings. The van der Waals surface area contributed by atoms with Crippen molar-refractivity contribution in [2.45, 2.75) is 52.2 Å². The van der Waals surface area contributed by atoms with Gasteiger partial charge in [0.15, 0.2) is 5.78 Å². The number of nitrogens with zero attached hydrogens (tertiary/aromatic N) is 1. The zero-order valence-corrected chi connectivity index (χ0v) is 13.3. The Labute approximate surface area is 127 Å². The second kappa shape index (κ2) is 5.90. The lowest BCUT2D eigenvalue weighted by Gasteiger charge is -2.37. The molecule has 1 aliphatic heterocycles. The summed E-state index contributed by atoms with van der Waals surface area (Å²) >= 11 is 0. The number of morpholine rings is 1. The standard InChI is InChI=1S/C18H25NO2/c1-12-9-14(3)15(10-13(12)2)17(20)11-19-7-8-21-18-6-4-5-16(18)19/h9-10,16,18H,4-8,11H2,1-3H3. The number of ketones is 1. The summed E-state index contributed by atoms with van der Waals surface area (Å²) in [6.07, 6.45) is 3.90. The van der Waals surface area contributed by atoms with Crippen LogP contribution >= 0.6 is 0 Å². The fourth-order valence-electron chi connectivity index (χ4n) is 3.73. The zero-order chi connectivity index (χ0) is 15.0. The molecule has 0 bridgehead atoms. The second-order valence-corrected chi connectivity index (χ2v) is 6.55. The molecule has 1 heterocycles. The Hall–Kier alpha value is -1.19. The summed E-state index contributed by atoms with van der Waals surface area (Å²) in [4.78, 5) is 15.0. The molecule has 1 aromatic rings. The Morgan fingerprint density at radius 1 is 1.19 bits per heavy atom. The van der Waals surface area contributed by atoms with Crippen molar-refractivity contribution in [1.82, 2.24) is 4.90 Å². The smallest absolute Gasteiger partial charge is 0.177 e. The van der Waals surface area contributed by atoms with Gasteiger partial charge in [-0.25, -0.2) is 0 Å². The van der Waals surface area contributed by atoms with Crippen LogP contribution in [0.25, 0.3) is 0 Å². The number of carbonyl (C=O) groups is 1. The third-order valence-electron chi connectivity index (χ3n) is 5.08. The minimum absolute atomic E-state index is 0.253. The van der Waals surface area contributed by atoms with Crippen LogP contribution in [0.5, 0.6) is 0 Å². The van der Waals surface area contributed by atoms with Gasteiger partial charge in [0.25, 0.3) is 0 Å². The van der Waals surface area contributed by atoms with Gasteiger partial charge in [0, 0.05) is 18.2 Å². The quantitative estimate of drug-likeness (QED) is 0.800. The van der Waals surface area contributed by atoms with Crippen molar-refractivity contribution >= 4 is 5.78 Å². The predicted molar refractivity (Wildman–Crippen MR) is 83.9 cm³/mol. The van der Waals surface area contributed by atoms with Crippen molar-refractivity contribution in [3.05, 3.63) is 34.4 Å². The average Bonchev–Trinajstić information content (AvgIpc) is 2.92. The lowest BCUT2D eigenvalue weighted by atomic mass is 9.97. The Kier molecular flexibility index (Phi) is 4.14. The van der Waals surface area contributed by atoms with E-state index in [2.05, 4.69) is 30.9 Å². The van der Waals surface area contributed by atoms with Crippen LogP contribution in [0.4, 0.5) is 0 Å². The number of carbonyl (C=O) groups excluding carboxylic acids is 1. The second-order valence-electron chi connectivity index (χ2n) is 6.55. The topological polar surface area (TPSA) is 29.5 Å². The first-order valence-corrected chi connectivity index (χ1v) is 8.03. The maximum Gasteiger partial charge on any atom is 0.177 e. The van der Waals surface area contributed by atoms with Crippen LogP contribution in [0.15, 0.2) is 12.1 Å².